The van der Waals surface area contributed by atoms with Crippen molar-refractivity contribution in [1.29, 1.82) is 0 Å². The second-order valence-electron chi connectivity index (χ2n) is 7.89. The number of aromatic nitrogens is 4. The Balaban J connectivity index is 1.36. The molecule has 1 amide bonds. The van der Waals surface area contributed by atoms with E-state index in [4.69, 9.17) is 14.2 Å². The fraction of sp³-hybridized carbons (Fsp3) is 0.333. The van der Waals surface area contributed by atoms with E-state index in [-0.39, 0.29) is 12.5 Å². The zero-order chi connectivity index (χ0) is 23.0. The first-order valence-corrected chi connectivity index (χ1v) is 10.8. The number of amides is 1. The van der Waals surface area contributed by atoms with Crippen LogP contribution in [0, 0.1) is 17.8 Å². The lowest BCUT2D eigenvalue weighted by atomic mass is 10.1. The molecule has 1 aromatic heterocycles. The molecule has 4 rings (SSSR count). The van der Waals surface area contributed by atoms with E-state index in [0.29, 0.717) is 46.8 Å². The van der Waals surface area contributed by atoms with Crippen LogP contribution in [0.1, 0.15) is 49.0 Å². The Kier molecular flexibility index (Phi) is 7.05. The molecule has 0 radical (unpaired) electrons. The quantitative estimate of drug-likeness (QED) is 0.530. The molecular formula is C24H25N5O4. The Labute approximate surface area is 191 Å². The smallest absolute Gasteiger partial charge is 0.255 e. The molecule has 0 saturated carbocycles. The number of hydrogen-bond acceptors (Lipinski definition) is 7. The monoisotopic (exact) mass is 447 g/mol. The van der Waals surface area contributed by atoms with Crippen LogP contribution >= 0.6 is 0 Å². The average molecular weight is 447 g/mol. The third-order valence-electron chi connectivity index (χ3n) is 4.94. The second-order valence-corrected chi connectivity index (χ2v) is 7.89. The lowest BCUT2D eigenvalue weighted by Gasteiger charge is -2.26. The van der Waals surface area contributed by atoms with Crippen LogP contribution in [-0.2, 0) is 0 Å². The number of carbonyl (C=O) groups is 1. The highest BCUT2D eigenvalue weighted by molar-refractivity contribution is 6.05. The van der Waals surface area contributed by atoms with Gasteiger partial charge in [-0.05, 0) is 59.2 Å². The standard InChI is InChI=1S/C24H25N5O4/c1-16(2)7-4-3-5-14-31-18-12-10-17(11-13-18)24(30)25-19-8-6-9-20-22(19)33-21(15-32-20)23-26-28-29-27-23/h6,8-13,16,21H,4,7,14-15H2,1-2H3,(H,25,30)(H,26,27,28,29). The molecule has 3 aromatic rings. The van der Waals surface area contributed by atoms with Crippen molar-refractivity contribution in [3.05, 3.63) is 53.9 Å². The van der Waals surface area contributed by atoms with Gasteiger partial charge >= 0.3 is 0 Å². The largest absolute Gasteiger partial charge is 0.485 e. The minimum absolute atomic E-state index is 0.255. The summed E-state index contributed by atoms with van der Waals surface area (Å²) in [5.41, 5.74) is 0.974. The van der Waals surface area contributed by atoms with Crippen molar-refractivity contribution in [2.24, 2.45) is 5.92 Å². The molecule has 1 aliphatic heterocycles. The van der Waals surface area contributed by atoms with Crippen molar-refractivity contribution in [3.63, 3.8) is 0 Å². The second kappa shape index (κ2) is 10.5. The molecular weight excluding hydrogens is 422 g/mol. The van der Waals surface area contributed by atoms with Crippen molar-refractivity contribution in [2.75, 3.05) is 18.5 Å². The van der Waals surface area contributed by atoms with Gasteiger partial charge in [0.1, 0.15) is 19.0 Å². The fourth-order valence-corrected chi connectivity index (χ4v) is 3.15. The Morgan fingerprint density at radius 2 is 2.09 bits per heavy atom. The zero-order valence-electron chi connectivity index (χ0n) is 18.5. The van der Waals surface area contributed by atoms with Crippen LogP contribution < -0.4 is 19.5 Å². The van der Waals surface area contributed by atoms with Crippen molar-refractivity contribution in [1.82, 2.24) is 20.6 Å². The highest BCUT2D eigenvalue weighted by Gasteiger charge is 2.28. The van der Waals surface area contributed by atoms with E-state index < -0.39 is 6.10 Å². The van der Waals surface area contributed by atoms with Gasteiger partial charge in [0.25, 0.3) is 5.91 Å². The summed E-state index contributed by atoms with van der Waals surface area (Å²) >= 11 is 0. The number of hydrogen-bond donors (Lipinski definition) is 2. The van der Waals surface area contributed by atoms with Crippen molar-refractivity contribution >= 4 is 11.6 Å². The van der Waals surface area contributed by atoms with Gasteiger partial charge in [-0.3, -0.25) is 4.79 Å². The van der Waals surface area contributed by atoms with Crippen LogP contribution in [0.3, 0.4) is 0 Å². The fourth-order valence-electron chi connectivity index (χ4n) is 3.15. The van der Waals surface area contributed by atoms with Crippen LogP contribution in [-0.4, -0.2) is 39.7 Å². The van der Waals surface area contributed by atoms with Crippen LogP contribution in [0.5, 0.6) is 17.2 Å². The molecule has 0 spiro atoms. The molecule has 1 aliphatic rings. The summed E-state index contributed by atoms with van der Waals surface area (Å²) in [5.74, 6) is 8.54. The first-order valence-electron chi connectivity index (χ1n) is 10.8. The van der Waals surface area contributed by atoms with Crippen LogP contribution in [0.15, 0.2) is 42.5 Å². The van der Waals surface area contributed by atoms with E-state index in [1.807, 2.05) is 0 Å². The van der Waals surface area contributed by atoms with Gasteiger partial charge in [-0.15, -0.1) is 5.10 Å². The molecule has 2 heterocycles. The first kappa shape index (κ1) is 22.1. The average Bonchev–Trinajstić information content (AvgIpc) is 3.36. The first-order chi connectivity index (χ1) is 16.1. The minimum atomic E-state index is -0.504. The number of benzene rings is 2. The SMILES string of the molecule is CC(C)CCC#CCOc1ccc(C(=O)Nc2cccc3c2OC(c2nnn[nH]2)CO3)cc1. The summed E-state index contributed by atoms with van der Waals surface area (Å²) in [5, 5.41) is 16.6. The number of nitrogens with zero attached hydrogens (tertiary/aromatic N) is 3. The van der Waals surface area contributed by atoms with Crippen LogP contribution in [0.25, 0.3) is 0 Å². The van der Waals surface area contributed by atoms with Crippen molar-refractivity contribution in [3.8, 4) is 29.1 Å². The lowest BCUT2D eigenvalue weighted by Crippen LogP contribution is -2.24. The summed E-state index contributed by atoms with van der Waals surface area (Å²) in [6.45, 7) is 4.93. The van der Waals surface area contributed by atoms with Crippen molar-refractivity contribution < 1.29 is 19.0 Å². The van der Waals surface area contributed by atoms with Gasteiger partial charge in [-0.2, -0.15) is 0 Å². The summed E-state index contributed by atoms with van der Waals surface area (Å²) in [6.07, 6.45) is 1.44. The Morgan fingerprint density at radius 3 is 2.85 bits per heavy atom. The summed E-state index contributed by atoms with van der Waals surface area (Å²) < 4.78 is 17.4. The molecule has 33 heavy (non-hydrogen) atoms. The molecule has 0 bridgehead atoms. The zero-order valence-corrected chi connectivity index (χ0v) is 18.5. The van der Waals surface area contributed by atoms with E-state index in [0.717, 1.165) is 12.8 Å². The van der Waals surface area contributed by atoms with Crippen molar-refractivity contribution in [2.45, 2.75) is 32.8 Å². The molecule has 2 N–H and O–H groups in total. The Bertz CT molecular complexity index is 1130. The highest BCUT2D eigenvalue weighted by atomic mass is 16.6. The van der Waals surface area contributed by atoms with E-state index in [1.54, 1.807) is 42.5 Å². The Morgan fingerprint density at radius 1 is 1.24 bits per heavy atom. The maximum Gasteiger partial charge on any atom is 0.255 e. The van der Waals surface area contributed by atoms with E-state index in [9.17, 15) is 4.79 Å². The van der Waals surface area contributed by atoms with Gasteiger partial charge in [-0.1, -0.05) is 31.8 Å². The minimum Gasteiger partial charge on any atom is -0.485 e. The predicted octanol–water partition coefficient (Wildman–Crippen LogP) is 3.78. The molecule has 1 atom stereocenters. The third-order valence-corrected chi connectivity index (χ3v) is 4.94. The van der Waals surface area contributed by atoms with Gasteiger partial charge in [0.15, 0.2) is 23.4 Å². The van der Waals surface area contributed by atoms with Crippen LogP contribution in [0.4, 0.5) is 5.69 Å². The molecule has 1 unspecified atom stereocenters. The molecule has 170 valence electrons. The van der Waals surface area contributed by atoms with E-state index >= 15 is 0 Å². The molecule has 9 heteroatoms. The number of H-pyrrole nitrogens is 1. The molecule has 0 saturated heterocycles. The predicted molar refractivity (Wildman–Crippen MR) is 121 cm³/mol. The summed E-state index contributed by atoms with van der Waals surface area (Å²) in [6, 6.07) is 12.2. The van der Waals surface area contributed by atoms with Gasteiger partial charge in [0.05, 0.1) is 5.69 Å². The number of anilines is 1. The number of rotatable bonds is 7. The maximum atomic E-state index is 12.8. The number of nitrogens with one attached hydrogen (secondary N) is 2. The number of carbonyl (C=O) groups excluding carboxylic acids is 1. The number of aromatic amines is 1. The van der Waals surface area contributed by atoms with Gasteiger partial charge in [0.2, 0.25) is 0 Å². The van der Waals surface area contributed by atoms with E-state index in [2.05, 4.69) is 51.6 Å². The molecule has 9 nitrogen and oxygen atoms in total. The van der Waals surface area contributed by atoms with Gasteiger partial charge in [0, 0.05) is 12.0 Å². The number of para-hydroxylation sites is 1. The number of ether oxygens (including phenoxy) is 3. The molecule has 2 aromatic carbocycles. The lowest BCUT2D eigenvalue weighted by molar-refractivity contribution is 0.0856. The third kappa shape index (κ3) is 5.80. The van der Waals surface area contributed by atoms with Gasteiger partial charge in [-0.25, -0.2) is 5.10 Å². The normalized spacial score (nSPS) is 14.3. The summed E-state index contributed by atoms with van der Waals surface area (Å²) in [7, 11) is 0. The number of fused-ring (bicyclic) bond motifs is 1. The van der Waals surface area contributed by atoms with E-state index in [1.165, 1.54) is 0 Å². The molecule has 0 aliphatic carbocycles. The van der Waals surface area contributed by atoms with Gasteiger partial charge < -0.3 is 19.5 Å². The highest BCUT2D eigenvalue weighted by Crippen LogP contribution is 2.41. The summed E-state index contributed by atoms with van der Waals surface area (Å²) in [4.78, 5) is 12.8. The topological polar surface area (TPSA) is 111 Å². The van der Waals surface area contributed by atoms with Crippen LogP contribution in [0.2, 0.25) is 0 Å². The maximum absolute atomic E-state index is 12.8. The number of tetrazole rings is 1. The Hall–Kier alpha value is -4.06. The molecule has 0 fully saturated rings.